The van der Waals surface area contributed by atoms with E-state index in [9.17, 15) is 9.18 Å². The summed E-state index contributed by atoms with van der Waals surface area (Å²) in [5, 5.41) is 0.103. The molecule has 0 aliphatic carbocycles. The minimum absolute atomic E-state index is 0.0138. The van der Waals surface area contributed by atoms with Crippen LogP contribution in [0.2, 0.25) is 5.02 Å². The molecule has 15 heavy (non-hydrogen) atoms. The molecule has 0 fully saturated rings. The molecule has 0 aliphatic heterocycles. The number of rotatable bonds is 3. The van der Waals surface area contributed by atoms with Crippen molar-refractivity contribution in [3.63, 3.8) is 0 Å². The van der Waals surface area contributed by atoms with Crippen molar-refractivity contribution in [2.75, 3.05) is 13.7 Å². The van der Waals surface area contributed by atoms with Crippen LogP contribution in [-0.2, 0) is 4.74 Å². The van der Waals surface area contributed by atoms with Crippen molar-refractivity contribution in [3.8, 4) is 5.75 Å². The number of hydrogen-bond acceptors (Lipinski definition) is 3. The van der Waals surface area contributed by atoms with Gasteiger partial charge < -0.3 is 9.47 Å². The van der Waals surface area contributed by atoms with Crippen molar-refractivity contribution < 1.29 is 18.7 Å². The van der Waals surface area contributed by atoms with E-state index < -0.39 is 11.8 Å². The average Bonchev–Trinajstić information content (AvgIpc) is 2.22. The summed E-state index contributed by atoms with van der Waals surface area (Å²) < 4.78 is 22.7. The molecule has 0 aromatic heterocycles. The summed E-state index contributed by atoms with van der Waals surface area (Å²) in [4.78, 5) is 11.1. The average molecular weight is 233 g/mol. The van der Waals surface area contributed by atoms with Gasteiger partial charge >= 0.3 is 5.97 Å². The Labute approximate surface area is 91.7 Å². The molecule has 0 aliphatic rings. The van der Waals surface area contributed by atoms with Gasteiger partial charge in [-0.25, -0.2) is 9.18 Å². The third kappa shape index (κ3) is 2.59. The maximum atomic E-state index is 13.3. The maximum absolute atomic E-state index is 13.3. The largest absolute Gasteiger partial charge is 0.491 e. The molecule has 0 atom stereocenters. The minimum Gasteiger partial charge on any atom is -0.491 e. The molecule has 0 saturated heterocycles. The highest BCUT2D eigenvalue weighted by Gasteiger charge is 2.15. The van der Waals surface area contributed by atoms with E-state index in [0.717, 1.165) is 6.07 Å². The van der Waals surface area contributed by atoms with Gasteiger partial charge in [0.05, 0.1) is 24.3 Å². The molecule has 0 amide bonds. The maximum Gasteiger partial charge on any atom is 0.339 e. The van der Waals surface area contributed by atoms with Crippen LogP contribution in [0.4, 0.5) is 4.39 Å². The predicted molar refractivity (Wildman–Crippen MR) is 53.9 cm³/mol. The fraction of sp³-hybridized carbons (Fsp3) is 0.300. The predicted octanol–water partition coefficient (Wildman–Crippen LogP) is 2.66. The summed E-state index contributed by atoms with van der Waals surface area (Å²) in [5.74, 6) is -1.29. The second-order valence-electron chi connectivity index (χ2n) is 2.69. The molecule has 5 heteroatoms. The van der Waals surface area contributed by atoms with Crippen molar-refractivity contribution in [1.82, 2.24) is 0 Å². The van der Waals surface area contributed by atoms with Crippen LogP contribution < -0.4 is 4.74 Å². The number of benzene rings is 1. The zero-order chi connectivity index (χ0) is 11.4. The van der Waals surface area contributed by atoms with Crippen LogP contribution >= 0.6 is 11.6 Å². The number of carbonyl (C=O) groups is 1. The first-order valence-corrected chi connectivity index (χ1v) is 4.68. The smallest absolute Gasteiger partial charge is 0.339 e. The van der Waals surface area contributed by atoms with Gasteiger partial charge in [0.25, 0.3) is 0 Å². The van der Waals surface area contributed by atoms with E-state index in [2.05, 4.69) is 4.74 Å². The second kappa shape index (κ2) is 4.98. The van der Waals surface area contributed by atoms with Crippen molar-refractivity contribution >= 4 is 17.6 Å². The van der Waals surface area contributed by atoms with Gasteiger partial charge in [0.15, 0.2) is 11.6 Å². The van der Waals surface area contributed by atoms with E-state index in [1.807, 2.05) is 0 Å². The summed E-state index contributed by atoms with van der Waals surface area (Å²) in [6.45, 7) is 2.05. The van der Waals surface area contributed by atoms with Crippen LogP contribution in [0, 0.1) is 5.82 Å². The molecule has 82 valence electrons. The lowest BCUT2D eigenvalue weighted by Gasteiger charge is -2.07. The zero-order valence-corrected chi connectivity index (χ0v) is 9.10. The summed E-state index contributed by atoms with van der Waals surface area (Å²) in [6, 6.07) is 2.26. The minimum atomic E-state index is -0.679. The molecule has 0 heterocycles. The Morgan fingerprint density at radius 3 is 2.73 bits per heavy atom. The number of methoxy groups -OCH3 is 1. The Balaban J connectivity index is 3.13. The third-order valence-corrected chi connectivity index (χ3v) is 2.04. The summed E-state index contributed by atoms with van der Waals surface area (Å²) in [7, 11) is 1.20. The van der Waals surface area contributed by atoms with E-state index in [-0.39, 0.29) is 16.3 Å². The molecule has 0 saturated carbocycles. The highest BCUT2D eigenvalue weighted by atomic mass is 35.5. The van der Waals surface area contributed by atoms with E-state index in [1.165, 1.54) is 13.2 Å². The summed E-state index contributed by atoms with van der Waals surface area (Å²) in [6.07, 6.45) is 0. The second-order valence-corrected chi connectivity index (χ2v) is 3.09. The van der Waals surface area contributed by atoms with Gasteiger partial charge in [0.1, 0.15) is 0 Å². The first-order valence-electron chi connectivity index (χ1n) is 4.30. The van der Waals surface area contributed by atoms with Gasteiger partial charge in [0.2, 0.25) is 0 Å². The molecule has 1 aromatic carbocycles. The van der Waals surface area contributed by atoms with Gasteiger partial charge in [-0.05, 0) is 13.0 Å². The van der Waals surface area contributed by atoms with Crippen LogP contribution in [-0.4, -0.2) is 19.7 Å². The lowest BCUT2D eigenvalue weighted by molar-refractivity contribution is 0.0600. The molecule has 0 N–H and O–H groups in total. The molecular formula is C10H10ClFO3. The van der Waals surface area contributed by atoms with Crippen molar-refractivity contribution in [1.29, 1.82) is 0 Å². The topological polar surface area (TPSA) is 35.5 Å². The lowest BCUT2D eigenvalue weighted by atomic mass is 10.2. The monoisotopic (exact) mass is 232 g/mol. The quantitative estimate of drug-likeness (QED) is 0.752. The van der Waals surface area contributed by atoms with Crippen LogP contribution in [0.3, 0.4) is 0 Å². The number of ether oxygens (including phenoxy) is 2. The van der Waals surface area contributed by atoms with E-state index in [1.54, 1.807) is 6.92 Å². The van der Waals surface area contributed by atoms with Crippen LogP contribution in [0.15, 0.2) is 12.1 Å². The van der Waals surface area contributed by atoms with E-state index >= 15 is 0 Å². The number of esters is 1. The van der Waals surface area contributed by atoms with E-state index in [0.29, 0.717) is 6.61 Å². The number of hydrogen-bond donors (Lipinski definition) is 0. The third-order valence-electron chi connectivity index (χ3n) is 1.73. The van der Waals surface area contributed by atoms with Crippen molar-refractivity contribution in [2.45, 2.75) is 6.92 Å². The summed E-state index contributed by atoms with van der Waals surface area (Å²) in [5.41, 5.74) is -0.0138. The molecule has 0 radical (unpaired) electrons. The standard InChI is InChI=1S/C10H10ClFO3/c1-3-15-9-5-7(11)6(4-8(9)12)10(13)14-2/h4-5H,3H2,1-2H3. The SMILES string of the molecule is CCOc1cc(Cl)c(C(=O)OC)cc1F. The molecule has 0 spiro atoms. The Kier molecular flexibility index (Phi) is 3.91. The van der Waals surface area contributed by atoms with Gasteiger partial charge in [-0.3, -0.25) is 0 Å². The molecule has 3 nitrogen and oxygen atoms in total. The normalized spacial score (nSPS) is 9.87. The van der Waals surface area contributed by atoms with Gasteiger partial charge in [-0.2, -0.15) is 0 Å². The molecule has 1 rings (SSSR count). The van der Waals surface area contributed by atoms with Crippen molar-refractivity contribution in [3.05, 3.63) is 28.5 Å². The molecule has 0 unspecified atom stereocenters. The van der Waals surface area contributed by atoms with Gasteiger partial charge in [0, 0.05) is 6.07 Å². The highest BCUT2D eigenvalue weighted by Crippen LogP contribution is 2.26. The molecular weight excluding hydrogens is 223 g/mol. The van der Waals surface area contributed by atoms with E-state index in [4.69, 9.17) is 16.3 Å². The van der Waals surface area contributed by atoms with Crippen LogP contribution in [0.5, 0.6) is 5.75 Å². The van der Waals surface area contributed by atoms with Crippen molar-refractivity contribution in [2.24, 2.45) is 0 Å². The number of carbonyl (C=O) groups excluding carboxylic acids is 1. The first-order chi connectivity index (χ1) is 7.10. The first kappa shape index (κ1) is 11.8. The number of halogens is 2. The van der Waals surface area contributed by atoms with Crippen LogP contribution in [0.25, 0.3) is 0 Å². The van der Waals surface area contributed by atoms with Crippen LogP contribution in [0.1, 0.15) is 17.3 Å². The fourth-order valence-electron chi connectivity index (χ4n) is 1.06. The van der Waals surface area contributed by atoms with Gasteiger partial charge in [-0.1, -0.05) is 11.6 Å². The summed E-state index contributed by atoms with van der Waals surface area (Å²) >= 11 is 5.76. The zero-order valence-electron chi connectivity index (χ0n) is 8.34. The lowest BCUT2D eigenvalue weighted by Crippen LogP contribution is -2.04. The molecule has 1 aromatic rings. The Hall–Kier alpha value is -1.29. The van der Waals surface area contributed by atoms with Gasteiger partial charge in [-0.15, -0.1) is 0 Å². The Bertz CT molecular complexity index is 379. The Morgan fingerprint density at radius 1 is 1.53 bits per heavy atom. The fourth-order valence-corrected chi connectivity index (χ4v) is 1.29. The molecule has 0 bridgehead atoms. The Morgan fingerprint density at radius 2 is 2.20 bits per heavy atom. The highest BCUT2D eigenvalue weighted by molar-refractivity contribution is 6.33.